The number of carboxylic acid groups (broad SMARTS) is 1. The van der Waals surface area contributed by atoms with E-state index < -0.39 is 11.5 Å². The van der Waals surface area contributed by atoms with E-state index in [2.05, 4.69) is 10.4 Å². The number of aliphatic carboxylic acids is 1. The first-order valence-corrected chi connectivity index (χ1v) is 11.1. The Balaban J connectivity index is 1.49. The number of hydrogen-bond acceptors (Lipinski definition) is 4. The fourth-order valence-corrected chi connectivity index (χ4v) is 7.04. The summed E-state index contributed by atoms with van der Waals surface area (Å²) < 4.78 is 15.4. The molecule has 1 aromatic heterocycles. The van der Waals surface area contributed by atoms with Gasteiger partial charge in [0, 0.05) is 5.69 Å². The number of anilines is 2. The van der Waals surface area contributed by atoms with Crippen LogP contribution in [0.15, 0.2) is 29.2 Å². The van der Waals surface area contributed by atoms with E-state index in [0.717, 1.165) is 32.1 Å². The first-order chi connectivity index (χ1) is 14.7. The Morgan fingerprint density at radius 3 is 2.68 bits per heavy atom. The molecule has 0 saturated heterocycles. The molecule has 2 N–H and O–H groups in total. The number of carboxylic acids is 1. The molecule has 2 aromatic rings. The van der Waals surface area contributed by atoms with Gasteiger partial charge >= 0.3 is 5.97 Å². The molecule has 2 atom stereocenters. The average Bonchev–Trinajstić information content (AvgIpc) is 2.66. The van der Waals surface area contributed by atoms with Crippen molar-refractivity contribution in [3.63, 3.8) is 0 Å². The van der Waals surface area contributed by atoms with Gasteiger partial charge in [0.1, 0.15) is 10.8 Å². The minimum absolute atomic E-state index is 0.0130. The number of benzene rings is 1. The van der Waals surface area contributed by atoms with Crippen molar-refractivity contribution in [2.24, 2.45) is 17.3 Å². The zero-order valence-corrected chi connectivity index (χ0v) is 18.1. The summed E-state index contributed by atoms with van der Waals surface area (Å²) in [5, 5.41) is 17.0. The second-order valence-electron chi connectivity index (χ2n) is 9.93. The van der Waals surface area contributed by atoms with Gasteiger partial charge in [-0.1, -0.05) is 17.7 Å². The van der Waals surface area contributed by atoms with Crippen molar-refractivity contribution < 1.29 is 14.3 Å². The van der Waals surface area contributed by atoms with Gasteiger partial charge in [-0.2, -0.15) is 5.10 Å². The molecule has 0 spiro atoms. The van der Waals surface area contributed by atoms with Gasteiger partial charge in [-0.3, -0.25) is 9.59 Å². The first-order valence-electron chi connectivity index (χ1n) is 10.7. The molecule has 1 aromatic carbocycles. The number of carbonyl (C=O) groups is 1. The zero-order valence-electron chi connectivity index (χ0n) is 17.3. The molecule has 164 valence electrons. The summed E-state index contributed by atoms with van der Waals surface area (Å²) in [5.74, 6) is -0.289. The molecule has 8 heteroatoms. The Morgan fingerprint density at radius 1 is 1.32 bits per heavy atom. The molecule has 31 heavy (non-hydrogen) atoms. The van der Waals surface area contributed by atoms with Crippen molar-refractivity contribution >= 4 is 28.9 Å². The molecular weight excluding hydrogens is 421 g/mol. The Morgan fingerprint density at radius 2 is 2.03 bits per heavy atom. The maximum Gasteiger partial charge on any atom is 0.303 e. The van der Waals surface area contributed by atoms with Crippen molar-refractivity contribution in [3.8, 4) is 0 Å². The van der Waals surface area contributed by atoms with Crippen LogP contribution in [0.2, 0.25) is 5.02 Å². The van der Waals surface area contributed by atoms with Crippen molar-refractivity contribution in [3.05, 3.63) is 51.2 Å². The lowest BCUT2D eigenvalue weighted by Crippen LogP contribution is -2.59. The third kappa shape index (κ3) is 3.43. The Labute approximate surface area is 184 Å². The molecular formula is C23H25ClFN3O3. The molecule has 4 aliphatic carbocycles. The minimum Gasteiger partial charge on any atom is -0.481 e. The first kappa shape index (κ1) is 20.5. The van der Waals surface area contributed by atoms with E-state index >= 15 is 0 Å². The van der Waals surface area contributed by atoms with Gasteiger partial charge < -0.3 is 10.4 Å². The molecule has 0 amide bonds. The summed E-state index contributed by atoms with van der Waals surface area (Å²) in [6, 6.07) is 4.72. The quantitative estimate of drug-likeness (QED) is 0.686. The largest absolute Gasteiger partial charge is 0.481 e. The van der Waals surface area contributed by atoms with Crippen LogP contribution in [0, 0.1) is 30.0 Å². The SMILES string of the molecule is Cc1ccc(Nc2cnn(C34CC5CC(CC(CC(=O)O)(C5)C3)C4)c(=O)c2Cl)cc1F. The van der Waals surface area contributed by atoms with E-state index in [-0.39, 0.29) is 28.2 Å². The molecule has 1 heterocycles. The summed E-state index contributed by atoms with van der Waals surface area (Å²) >= 11 is 6.45. The number of rotatable bonds is 5. The van der Waals surface area contributed by atoms with Gasteiger partial charge in [-0.05, 0) is 80.4 Å². The van der Waals surface area contributed by atoms with Gasteiger partial charge in [0.25, 0.3) is 5.56 Å². The van der Waals surface area contributed by atoms with Crippen LogP contribution in [0.25, 0.3) is 0 Å². The highest BCUT2D eigenvalue weighted by molar-refractivity contribution is 6.33. The summed E-state index contributed by atoms with van der Waals surface area (Å²) in [6.07, 6.45) is 6.92. The fraction of sp³-hybridized carbons (Fsp3) is 0.522. The summed E-state index contributed by atoms with van der Waals surface area (Å²) in [5.41, 5.74) is 0.221. The summed E-state index contributed by atoms with van der Waals surface area (Å²) in [6.45, 7) is 1.68. The maximum absolute atomic E-state index is 13.9. The molecule has 4 fully saturated rings. The topological polar surface area (TPSA) is 84.2 Å². The zero-order chi connectivity index (χ0) is 22.0. The normalized spacial score (nSPS) is 31.1. The van der Waals surface area contributed by atoms with Crippen LogP contribution < -0.4 is 10.9 Å². The smallest absolute Gasteiger partial charge is 0.303 e. The van der Waals surface area contributed by atoms with Crippen LogP contribution in [0.4, 0.5) is 15.8 Å². The van der Waals surface area contributed by atoms with Crippen LogP contribution in [-0.2, 0) is 10.3 Å². The molecule has 0 radical (unpaired) electrons. The van der Waals surface area contributed by atoms with Gasteiger partial charge in [-0.25, -0.2) is 9.07 Å². The predicted molar refractivity (Wildman–Crippen MR) is 115 cm³/mol. The minimum atomic E-state index is -0.777. The lowest BCUT2D eigenvalue weighted by atomic mass is 9.46. The standard InChI is InChI=1S/C23H25ClFN3O3/c1-13-2-3-16(5-17(13)25)27-18-11-26-28(21(31)20(18)24)23-8-14-4-15(9-23)7-22(6-14,12-23)10-19(29)30/h2-3,5,11,14-15,27H,4,6-10,12H2,1H3,(H,29,30). The highest BCUT2D eigenvalue weighted by Crippen LogP contribution is 2.65. The molecule has 6 rings (SSSR count). The fourth-order valence-electron chi connectivity index (χ4n) is 6.86. The van der Waals surface area contributed by atoms with E-state index in [1.165, 1.54) is 16.9 Å². The summed E-state index contributed by atoms with van der Waals surface area (Å²) in [7, 11) is 0. The van der Waals surface area contributed by atoms with E-state index in [9.17, 15) is 19.1 Å². The maximum atomic E-state index is 13.9. The van der Waals surface area contributed by atoms with Gasteiger partial charge in [0.05, 0.1) is 23.8 Å². The average molecular weight is 446 g/mol. The number of halogens is 2. The number of aromatic nitrogens is 2. The van der Waals surface area contributed by atoms with E-state index in [1.807, 2.05) is 0 Å². The van der Waals surface area contributed by atoms with Crippen molar-refractivity contribution in [1.29, 1.82) is 0 Å². The second kappa shape index (κ2) is 7.05. The van der Waals surface area contributed by atoms with Crippen LogP contribution in [0.1, 0.15) is 50.5 Å². The van der Waals surface area contributed by atoms with Crippen molar-refractivity contribution in [2.45, 2.75) is 57.4 Å². The number of aryl methyl sites for hydroxylation is 1. The Kier molecular flexibility index (Phi) is 4.66. The predicted octanol–water partition coefficient (Wildman–Crippen LogP) is 4.86. The third-order valence-corrected chi connectivity index (χ3v) is 7.86. The molecule has 6 nitrogen and oxygen atoms in total. The summed E-state index contributed by atoms with van der Waals surface area (Å²) in [4.78, 5) is 24.8. The van der Waals surface area contributed by atoms with E-state index in [1.54, 1.807) is 19.1 Å². The second-order valence-corrected chi connectivity index (χ2v) is 10.3. The third-order valence-electron chi connectivity index (χ3n) is 7.50. The lowest BCUT2D eigenvalue weighted by molar-refractivity contribution is -0.151. The molecule has 4 bridgehead atoms. The van der Waals surface area contributed by atoms with Crippen molar-refractivity contribution in [1.82, 2.24) is 9.78 Å². The van der Waals surface area contributed by atoms with Gasteiger partial charge in [0.15, 0.2) is 0 Å². The Hall–Kier alpha value is -2.41. The Bertz CT molecular complexity index is 1120. The monoisotopic (exact) mass is 445 g/mol. The highest BCUT2D eigenvalue weighted by Gasteiger charge is 2.59. The molecule has 2 unspecified atom stereocenters. The van der Waals surface area contributed by atoms with Gasteiger partial charge in [0.2, 0.25) is 0 Å². The van der Waals surface area contributed by atoms with Crippen LogP contribution in [-0.4, -0.2) is 20.9 Å². The number of nitrogens with one attached hydrogen (secondary N) is 1. The van der Waals surface area contributed by atoms with Gasteiger partial charge in [-0.15, -0.1) is 0 Å². The molecule has 0 aliphatic heterocycles. The van der Waals surface area contributed by atoms with E-state index in [4.69, 9.17) is 11.6 Å². The van der Waals surface area contributed by atoms with E-state index in [0.29, 0.717) is 35.2 Å². The molecule has 4 aliphatic rings. The number of hydrogen-bond donors (Lipinski definition) is 2. The van der Waals surface area contributed by atoms with Crippen LogP contribution >= 0.6 is 11.6 Å². The highest BCUT2D eigenvalue weighted by atomic mass is 35.5. The van der Waals surface area contributed by atoms with Crippen molar-refractivity contribution in [2.75, 3.05) is 5.32 Å². The lowest BCUT2D eigenvalue weighted by Gasteiger charge is -2.61. The van der Waals surface area contributed by atoms with Crippen LogP contribution in [0.5, 0.6) is 0 Å². The van der Waals surface area contributed by atoms with Crippen LogP contribution in [0.3, 0.4) is 0 Å². The number of nitrogens with zero attached hydrogens (tertiary/aromatic N) is 2. The molecule has 4 saturated carbocycles.